The van der Waals surface area contributed by atoms with Crippen LogP contribution in [0.15, 0.2) is 41.6 Å². The van der Waals surface area contributed by atoms with E-state index in [9.17, 15) is 4.79 Å². The molecule has 6 heteroatoms. The highest BCUT2D eigenvalue weighted by molar-refractivity contribution is 6.33. The Labute approximate surface area is 133 Å². The summed E-state index contributed by atoms with van der Waals surface area (Å²) in [4.78, 5) is 16.7. The molecule has 0 fully saturated rings. The van der Waals surface area contributed by atoms with E-state index < -0.39 is 0 Å². The van der Waals surface area contributed by atoms with E-state index in [-0.39, 0.29) is 5.56 Å². The molecular formula is C16H17ClN4O. The van der Waals surface area contributed by atoms with Crippen LogP contribution in [0.1, 0.15) is 20.3 Å². The van der Waals surface area contributed by atoms with E-state index in [0.717, 1.165) is 18.5 Å². The molecule has 0 N–H and O–H groups in total. The van der Waals surface area contributed by atoms with E-state index in [1.807, 2.05) is 18.3 Å². The molecule has 0 saturated carbocycles. The van der Waals surface area contributed by atoms with Crippen molar-refractivity contribution in [1.29, 1.82) is 0 Å². The number of aryl methyl sites for hydroxylation is 1. The van der Waals surface area contributed by atoms with Gasteiger partial charge in [-0.1, -0.05) is 25.4 Å². The number of hydrogen-bond donors (Lipinski definition) is 0. The normalized spacial score (nSPS) is 11.5. The summed E-state index contributed by atoms with van der Waals surface area (Å²) in [6.07, 6.45) is 6.14. The minimum Gasteiger partial charge on any atom is -0.315 e. The van der Waals surface area contributed by atoms with Crippen molar-refractivity contribution >= 4 is 17.2 Å². The van der Waals surface area contributed by atoms with Crippen LogP contribution in [0.25, 0.3) is 16.9 Å². The SMILES string of the molecule is CC(C)CCn1ccc(-c2ccn3ncc(Cl)c3n2)cc1=O. The maximum absolute atomic E-state index is 12.2. The van der Waals surface area contributed by atoms with Crippen LogP contribution in [0.2, 0.25) is 5.02 Å². The van der Waals surface area contributed by atoms with Gasteiger partial charge in [0.1, 0.15) is 5.02 Å². The molecule has 0 unspecified atom stereocenters. The summed E-state index contributed by atoms with van der Waals surface area (Å²) >= 11 is 6.05. The zero-order chi connectivity index (χ0) is 15.7. The lowest BCUT2D eigenvalue weighted by molar-refractivity contribution is 0.508. The second kappa shape index (κ2) is 5.93. The smallest absolute Gasteiger partial charge is 0.251 e. The van der Waals surface area contributed by atoms with E-state index in [2.05, 4.69) is 23.9 Å². The van der Waals surface area contributed by atoms with Gasteiger partial charge in [0.25, 0.3) is 5.56 Å². The number of nitrogens with zero attached hydrogens (tertiary/aromatic N) is 4. The number of rotatable bonds is 4. The molecule has 0 atom stereocenters. The monoisotopic (exact) mass is 316 g/mol. The van der Waals surface area contributed by atoms with Gasteiger partial charge in [0.2, 0.25) is 0 Å². The van der Waals surface area contributed by atoms with Crippen LogP contribution < -0.4 is 5.56 Å². The minimum atomic E-state index is -0.0144. The summed E-state index contributed by atoms with van der Waals surface area (Å²) in [7, 11) is 0. The maximum atomic E-state index is 12.2. The fourth-order valence-electron chi connectivity index (χ4n) is 2.25. The highest BCUT2D eigenvalue weighted by Gasteiger charge is 2.07. The Morgan fingerprint density at radius 1 is 1.27 bits per heavy atom. The molecule has 3 rings (SSSR count). The van der Waals surface area contributed by atoms with Gasteiger partial charge in [0.05, 0.1) is 11.9 Å². The molecule has 0 aromatic carbocycles. The average Bonchev–Trinajstić information content (AvgIpc) is 2.87. The molecule has 3 heterocycles. The van der Waals surface area contributed by atoms with Crippen LogP contribution in [0, 0.1) is 5.92 Å². The Hall–Kier alpha value is -2.14. The second-order valence-corrected chi connectivity index (χ2v) is 6.11. The first kappa shape index (κ1) is 14.8. The molecule has 0 spiro atoms. The number of pyridine rings is 1. The van der Waals surface area contributed by atoms with Gasteiger partial charge in [-0.25, -0.2) is 9.50 Å². The first-order chi connectivity index (χ1) is 10.5. The predicted octanol–water partition coefficient (Wildman–Crippen LogP) is 3.26. The molecule has 0 aliphatic heterocycles. The van der Waals surface area contributed by atoms with Gasteiger partial charge in [-0.2, -0.15) is 5.10 Å². The maximum Gasteiger partial charge on any atom is 0.251 e. The highest BCUT2D eigenvalue weighted by atomic mass is 35.5. The minimum absolute atomic E-state index is 0.0144. The fourth-order valence-corrected chi connectivity index (χ4v) is 2.42. The summed E-state index contributed by atoms with van der Waals surface area (Å²) in [6, 6.07) is 5.35. The van der Waals surface area contributed by atoms with Gasteiger partial charge in [0.15, 0.2) is 5.65 Å². The quantitative estimate of drug-likeness (QED) is 0.742. The standard InChI is InChI=1S/C16H17ClN4O/c1-11(2)3-6-20-7-4-12(9-15(20)22)14-5-8-21-16(19-14)13(17)10-18-21/h4-5,7-11H,3,6H2,1-2H3. The van der Waals surface area contributed by atoms with Crippen molar-refractivity contribution in [1.82, 2.24) is 19.2 Å². The topological polar surface area (TPSA) is 52.2 Å². The molecule has 0 bridgehead atoms. The van der Waals surface area contributed by atoms with E-state index in [1.165, 1.54) is 0 Å². The van der Waals surface area contributed by atoms with E-state index in [0.29, 0.717) is 22.3 Å². The Morgan fingerprint density at radius 2 is 2.09 bits per heavy atom. The number of aromatic nitrogens is 4. The predicted molar refractivity (Wildman–Crippen MR) is 87.1 cm³/mol. The van der Waals surface area contributed by atoms with Crippen molar-refractivity contribution in [3.05, 3.63) is 52.2 Å². The fraction of sp³-hybridized carbons (Fsp3) is 0.312. The molecule has 0 amide bonds. The Balaban J connectivity index is 1.95. The van der Waals surface area contributed by atoms with Crippen molar-refractivity contribution in [3.63, 3.8) is 0 Å². The van der Waals surface area contributed by atoms with Crippen LogP contribution >= 0.6 is 11.6 Å². The molecule has 0 radical (unpaired) electrons. The molecule has 0 saturated heterocycles. The van der Waals surface area contributed by atoms with E-state index in [1.54, 1.807) is 27.5 Å². The molecule has 3 aromatic heterocycles. The van der Waals surface area contributed by atoms with Crippen LogP contribution in [0.5, 0.6) is 0 Å². The lowest BCUT2D eigenvalue weighted by Gasteiger charge is -2.09. The van der Waals surface area contributed by atoms with Gasteiger partial charge < -0.3 is 4.57 Å². The van der Waals surface area contributed by atoms with Crippen molar-refractivity contribution in [2.45, 2.75) is 26.8 Å². The molecular weight excluding hydrogens is 300 g/mol. The van der Waals surface area contributed by atoms with Crippen LogP contribution in [-0.2, 0) is 6.54 Å². The molecule has 5 nitrogen and oxygen atoms in total. The summed E-state index contributed by atoms with van der Waals surface area (Å²) in [5.41, 5.74) is 2.07. The van der Waals surface area contributed by atoms with Crippen molar-refractivity contribution in [2.24, 2.45) is 5.92 Å². The average molecular weight is 317 g/mol. The van der Waals surface area contributed by atoms with Gasteiger partial charge in [-0.15, -0.1) is 0 Å². The van der Waals surface area contributed by atoms with Crippen molar-refractivity contribution < 1.29 is 0 Å². The summed E-state index contributed by atoms with van der Waals surface area (Å²) < 4.78 is 3.34. The Morgan fingerprint density at radius 3 is 2.82 bits per heavy atom. The third-order valence-corrected chi connectivity index (χ3v) is 3.83. The van der Waals surface area contributed by atoms with Crippen LogP contribution in [-0.4, -0.2) is 19.2 Å². The number of fused-ring (bicyclic) bond motifs is 1. The lowest BCUT2D eigenvalue weighted by atomic mass is 10.1. The molecule has 114 valence electrons. The van der Waals surface area contributed by atoms with E-state index >= 15 is 0 Å². The Bertz CT molecular complexity index is 866. The zero-order valence-corrected chi connectivity index (χ0v) is 13.3. The summed E-state index contributed by atoms with van der Waals surface area (Å²) in [6.45, 7) is 5.03. The molecule has 0 aliphatic carbocycles. The second-order valence-electron chi connectivity index (χ2n) is 5.70. The van der Waals surface area contributed by atoms with Crippen LogP contribution in [0.3, 0.4) is 0 Å². The number of halogens is 1. The molecule has 3 aromatic rings. The largest absolute Gasteiger partial charge is 0.315 e. The molecule has 22 heavy (non-hydrogen) atoms. The van der Waals surface area contributed by atoms with E-state index in [4.69, 9.17) is 11.6 Å². The Kier molecular flexibility index (Phi) is 3.98. The first-order valence-corrected chi connectivity index (χ1v) is 7.63. The van der Waals surface area contributed by atoms with Crippen molar-refractivity contribution in [2.75, 3.05) is 0 Å². The first-order valence-electron chi connectivity index (χ1n) is 7.25. The third kappa shape index (κ3) is 2.90. The summed E-state index contributed by atoms with van der Waals surface area (Å²) in [5, 5.41) is 4.57. The van der Waals surface area contributed by atoms with Gasteiger partial charge in [-0.05, 0) is 24.5 Å². The van der Waals surface area contributed by atoms with Crippen LogP contribution in [0.4, 0.5) is 0 Å². The third-order valence-electron chi connectivity index (χ3n) is 3.57. The van der Waals surface area contributed by atoms with Gasteiger partial charge >= 0.3 is 0 Å². The van der Waals surface area contributed by atoms with Crippen molar-refractivity contribution in [3.8, 4) is 11.3 Å². The lowest BCUT2D eigenvalue weighted by Crippen LogP contribution is -2.19. The molecule has 0 aliphatic rings. The van der Waals surface area contributed by atoms with Gasteiger partial charge in [-0.3, -0.25) is 4.79 Å². The summed E-state index contributed by atoms with van der Waals surface area (Å²) in [5.74, 6) is 0.569. The van der Waals surface area contributed by atoms with Gasteiger partial charge in [0, 0.05) is 30.6 Å². The highest BCUT2D eigenvalue weighted by Crippen LogP contribution is 2.19. The zero-order valence-electron chi connectivity index (χ0n) is 12.5. The number of hydrogen-bond acceptors (Lipinski definition) is 3.